The van der Waals surface area contributed by atoms with E-state index in [1.807, 2.05) is 0 Å². The second kappa shape index (κ2) is 3.05. The predicted octanol–water partition coefficient (Wildman–Crippen LogP) is 0.437. The molecule has 5 heteroatoms. The molecule has 4 nitrogen and oxygen atoms in total. The maximum Gasteiger partial charge on any atom is 0.316 e. The second-order valence-corrected chi connectivity index (χ2v) is 1.71. The van der Waals surface area contributed by atoms with Gasteiger partial charge in [-0.3, -0.25) is 4.79 Å². The zero-order valence-corrected chi connectivity index (χ0v) is 5.74. The highest BCUT2D eigenvalue weighted by molar-refractivity contribution is 5.71. The fourth-order valence-electron chi connectivity index (χ4n) is 0.544. The number of aromatic nitrogens is 2. The molecule has 0 N–H and O–H groups in total. The molecule has 0 atom stereocenters. The Morgan fingerprint density at radius 3 is 3.00 bits per heavy atom. The zero-order chi connectivity index (χ0) is 8.27. The molecule has 0 amide bonds. The van der Waals surface area contributed by atoms with Crippen molar-refractivity contribution in [2.45, 2.75) is 0 Å². The van der Waals surface area contributed by atoms with Crippen molar-refractivity contribution in [3.8, 4) is 6.01 Å². The highest BCUT2D eigenvalue weighted by atomic mass is 19.1. The third kappa shape index (κ3) is 1.49. The van der Waals surface area contributed by atoms with Gasteiger partial charge in [0.2, 0.25) is 0 Å². The van der Waals surface area contributed by atoms with Gasteiger partial charge in [0, 0.05) is 0 Å². The molecule has 0 aliphatic heterocycles. The van der Waals surface area contributed by atoms with E-state index in [1.54, 1.807) is 0 Å². The summed E-state index contributed by atoms with van der Waals surface area (Å²) in [5.74, 6) is -0.749. The van der Waals surface area contributed by atoms with Gasteiger partial charge in [0.1, 0.15) is 5.69 Å². The van der Waals surface area contributed by atoms with Gasteiger partial charge in [-0.05, 0) is 0 Å². The van der Waals surface area contributed by atoms with Crippen LogP contribution in [0.1, 0.15) is 10.5 Å². The van der Waals surface area contributed by atoms with E-state index in [0.29, 0.717) is 6.29 Å². The van der Waals surface area contributed by atoms with Crippen molar-refractivity contribution in [1.82, 2.24) is 9.97 Å². The van der Waals surface area contributed by atoms with E-state index < -0.39 is 5.82 Å². The summed E-state index contributed by atoms with van der Waals surface area (Å²) in [6.45, 7) is 0. The Morgan fingerprint density at radius 1 is 1.73 bits per heavy atom. The number of nitrogens with zero attached hydrogens (tertiary/aromatic N) is 2. The van der Waals surface area contributed by atoms with Crippen LogP contribution in [-0.2, 0) is 0 Å². The first kappa shape index (κ1) is 7.59. The monoisotopic (exact) mass is 156 g/mol. The van der Waals surface area contributed by atoms with Gasteiger partial charge in [0.15, 0.2) is 12.1 Å². The molecule has 1 rings (SSSR count). The van der Waals surface area contributed by atoms with E-state index in [1.165, 1.54) is 7.11 Å². The molecule has 58 valence electrons. The Bertz CT molecular complexity index is 277. The van der Waals surface area contributed by atoms with Crippen molar-refractivity contribution in [2.75, 3.05) is 7.11 Å². The van der Waals surface area contributed by atoms with Crippen LogP contribution in [0.3, 0.4) is 0 Å². The van der Waals surface area contributed by atoms with Gasteiger partial charge in [-0.15, -0.1) is 0 Å². The third-order valence-corrected chi connectivity index (χ3v) is 1.04. The highest BCUT2D eigenvalue weighted by Gasteiger charge is 2.04. The Kier molecular flexibility index (Phi) is 2.10. The second-order valence-electron chi connectivity index (χ2n) is 1.71. The first-order chi connectivity index (χ1) is 5.27. The Labute approximate surface area is 62.0 Å². The Hall–Kier alpha value is -1.52. The number of hydrogen-bond acceptors (Lipinski definition) is 4. The Morgan fingerprint density at radius 2 is 2.45 bits per heavy atom. The largest absolute Gasteiger partial charge is 0.467 e. The van der Waals surface area contributed by atoms with Crippen molar-refractivity contribution in [3.05, 3.63) is 17.7 Å². The minimum atomic E-state index is -0.749. The smallest absolute Gasteiger partial charge is 0.316 e. The van der Waals surface area contributed by atoms with E-state index in [0.717, 1.165) is 6.20 Å². The van der Waals surface area contributed by atoms with Crippen LogP contribution < -0.4 is 4.74 Å². The molecule has 0 fully saturated rings. The lowest BCUT2D eigenvalue weighted by Crippen LogP contribution is -1.98. The van der Waals surface area contributed by atoms with Gasteiger partial charge in [-0.1, -0.05) is 0 Å². The summed E-state index contributed by atoms with van der Waals surface area (Å²) in [5.41, 5.74) is -0.295. The zero-order valence-electron chi connectivity index (χ0n) is 5.74. The third-order valence-electron chi connectivity index (χ3n) is 1.04. The highest BCUT2D eigenvalue weighted by Crippen LogP contribution is 2.04. The number of halogens is 1. The van der Waals surface area contributed by atoms with Crippen molar-refractivity contribution in [2.24, 2.45) is 0 Å². The number of aldehydes is 1. The maximum absolute atomic E-state index is 12.5. The van der Waals surface area contributed by atoms with Crippen LogP contribution in [0.4, 0.5) is 4.39 Å². The van der Waals surface area contributed by atoms with E-state index in [4.69, 9.17) is 0 Å². The summed E-state index contributed by atoms with van der Waals surface area (Å²) in [6.07, 6.45) is 1.19. The summed E-state index contributed by atoms with van der Waals surface area (Å²) < 4.78 is 17.1. The average Bonchev–Trinajstić information content (AvgIpc) is 2.05. The molecule has 0 bridgehead atoms. The molecule has 1 aromatic heterocycles. The summed E-state index contributed by atoms with van der Waals surface area (Å²) in [6, 6.07) is -0.0199. The van der Waals surface area contributed by atoms with Gasteiger partial charge in [-0.25, -0.2) is 9.37 Å². The number of carbonyl (C=O) groups is 1. The number of ether oxygens (including phenoxy) is 1. The topological polar surface area (TPSA) is 52.1 Å². The molecule has 0 aliphatic rings. The Balaban J connectivity index is 3.12. The minimum absolute atomic E-state index is 0.0199. The first-order valence-electron chi connectivity index (χ1n) is 2.79. The lowest BCUT2D eigenvalue weighted by molar-refractivity contribution is 0.111. The number of hydrogen-bond donors (Lipinski definition) is 0. The number of methoxy groups -OCH3 is 1. The fourth-order valence-corrected chi connectivity index (χ4v) is 0.544. The van der Waals surface area contributed by atoms with Gasteiger partial charge in [0.05, 0.1) is 13.3 Å². The van der Waals surface area contributed by atoms with Crippen LogP contribution in [0.15, 0.2) is 6.20 Å². The van der Waals surface area contributed by atoms with Crippen LogP contribution in [0.25, 0.3) is 0 Å². The van der Waals surface area contributed by atoms with Crippen LogP contribution in [0.5, 0.6) is 6.01 Å². The van der Waals surface area contributed by atoms with E-state index >= 15 is 0 Å². The fraction of sp³-hybridized carbons (Fsp3) is 0.167. The molecule has 11 heavy (non-hydrogen) atoms. The molecule has 0 saturated carbocycles. The molecule has 0 unspecified atom stereocenters. The maximum atomic E-state index is 12.5. The molecular formula is C6H5FN2O2. The standard InChI is InChI=1S/C6H5FN2O2/c1-11-6-8-2-4(7)5(3-10)9-6/h2-3H,1H3. The molecule has 0 radical (unpaired) electrons. The quantitative estimate of drug-likeness (QED) is 0.583. The van der Waals surface area contributed by atoms with Crippen molar-refractivity contribution in [1.29, 1.82) is 0 Å². The predicted molar refractivity (Wildman–Crippen MR) is 33.9 cm³/mol. The summed E-state index contributed by atoms with van der Waals surface area (Å²) in [7, 11) is 1.34. The van der Waals surface area contributed by atoms with Gasteiger partial charge in [0.25, 0.3) is 0 Å². The molecule has 0 aromatic carbocycles. The summed E-state index contributed by atoms with van der Waals surface area (Å²) in [5, 5.41) is 0. The number of rotatable bonds is 2. The van der Waals surface area contributed by atoms with Crippen LogP contribution in [-0.4, -0.2) is 23.4 Å². The molecule has 0 spiro atoms. The van der Waals surface area contributed by atoms with Crippen LogP contribution in [0, 0.1) is 5.82 Å². The van der Waals surface area contributed by atoms with Crippen molar-refractivity contribution >= 4 is 6.29 Å². The SMILES string of the molecule is COc1ncc(F)c(C=O)n1. The van der Waals surface area contributed by atoms with Crippen molar-refractivity contribution < 1.29 is 13.9 Å². The van der Waals surface area contributed by atoms with E-state index in [9.17, 15) is 9.18 Å². The van der Waals surface area contributed by atoms with E-state index in [-0.39, 0.29) is 11.7 Å². The van der Waals surface area contributed by atoms with Crippen LogP contribution >= 0.6 is 0 Å². The molecule has 0 aliphatic carbocycles. The van der Waals surface area contributed by atoms with Gasteiger partial charge < -0.3 is 4.74 Å². The van der Waals surface area contributed by atoms with Gasteiger partial charge >= 0.3 is 6.01 Å². The van der Waals surface area contributed by atoms with Crippen LogP contribution in [0.2, 0.25) is 0 Å². The van der Waals surface area contributed by atoms with Crippen molar-refractivity contribution in [3.63, 3.8) is 0 Å². The molecular weight excluding hydrogens is 151 g/mol. The first-order valence-corrected chi connectivity index (χ1v) is 2.79. The van der Waals surface area contributed by atoms with E-state index in [2.05, 4.69) is 14.7 Å². The number of carbonyl (C=O) groups excluding carboxylic acids is 1. The normalized spacial score (nSPS) is 9.27. The molecule has 1 heterocycles. The summed E-state index contributed by atoms with van der Waals surface area (Å²) >= 11 is 0. The molecule has 1 aromatic rings. The lowest BCUT2D eigenvalue weighted by atomic mass is 10.4. The average molecular weight is 156 g/mol. The molecule has 0 saturated heterocycles. The summed E-state index contributed by atoms with van der Waals surface area (Å²) in [4.78, 5) is 17.0. The lowest BCUT2D eigenvalue weighted by Gasteiger charge is -1.96. The van der Waals surface area contributed by atoms with Gasteiger partial charge in [-0.2, -0.15) is 4.98 Å². The minimum Gasteiger partial charge on any atom is -0.467 e.